The van der Waals surface area contributed by atoms with Crippen molar-refractivity contribution >= 4 is 27.9 Å². The fraction of sp³-hybridized carbons (Fsp3) is 0.263. The number of aromatic nitrogens is 3. The summed E-state index contributed by atoms with van der Waals surface area (Å²) in [4.78, 5) is 14.6. The molecule has 0 saturated heterocycles. The molecule has 0 aliphatic rings. The molecule has 0 amide bonds. The van der Waals surface area contributed by atoms with Crippen LogP contribution < -0.4 is 11.0 Å². The normalized spacial score (nSPS) is 11.8. The van der Waals surface area contributed by atoms with E-state index >= 15 is 0 Å². The van der Waals surface area contributed by atoms with Crippen LogP contribution in [0.1, 0.15) is 5.56 Å². The zero-order valence-electron chi connectivity index (χ0n) is 14.8. The van der Waals surface area contributed by atoms with E-state index in [0.717, 1.165) is 41.7 Å². The number of nitrogens with one attached hydrogen (secondary N) is 2. The third kappa shape index (κ3) is 3.05. The fourth-order valence-corrected chi connectivity index (χ4v) is 3.94. The molecule has 26 heavy (non-hydrogen) atoms. The summed E-state index contributed by atoms with van der Waals surface area (Å²) in [7, 11) is 4.06. The minimum atomic E-state index is -0.206. The smallest absolute Gasteiger partial charge is 0.318 e. The summed E-state index contributed by atoms with van der Waals surface area (Å²) in [6, 6.07) is 10.4. The first-order valence-electron chi connectivity index (χ1n) is 8.56. The van der Waals surface area contributed by atoms with E-state index in [9.17, 15) is 4.79 Å². The largest absolute Gasteiger partial charge is 0.348 e. The van der Waals surface area contributed by atoms with Crippen LogP contribution in [0.4, 0.5) is 0 Å². The predicted octanol–water partition coefficient (Wildman–Crippen LogP) is 2.56. The zero-order chi connectivity index (χ0) is 18.1. The van der Waals surface area contributed by atoms with Gasteiger partial charge in [0.2, 0.25) is 0 Å². The molecule has 3 heterocycles. The second-order valence-corrected chi connectivity index (χ2v) is 7.26. The van der Waals surface area contributed by atoms with Crippen LogP contribution in [0.5, 0.6) is 0 Å². The van der Waals surface area contributed by atoms with E-state index in [0.29, 0.717) is 5.65 Å². The van der Waals surface area contributed by atoms with Gasteiger partial charge in [0.25, 0.3) is 0 Å². The van der Waals surface area contributed by atoms with Gasteiger partial charge in [-0.2, -0.15) is 16.4 Å². The molecule has 134 valence electrons. The topological polar surface area (TPSA) is 65.4 Å². The Bertz CT molecular complexity index is 1100. The van der Waals surface area contributed by atoms with Gasteiger partial charge in [0, 0.05) is 25.0 Å². The maximum Gasteiger partial charge on any atom is 0.348 e. The molecule has 0 aliphatic carbocycles. The number of likely N-dealkylation sites (N-methyl/N-ethyl adjacent to an activating group) is 2. The van der Waals surface area contributed by atoms with E-state index in [2.05, 4.69) is 62.5 Å². The Kier molecular flexibility index (Phi) is 4.58. The van der Waals surface area contributed by atoms with Crippen molar-refractivity contribution in [2.45, 2.75) is 6.54 Å². The molecule has 0 saturated carbocycles. The summed E-state index contributed by atoms with van der Waals surface area (Å²) in [5.41, 5.74) is 4.78. The van der Waals surface area contributed by atoms with Gasteiger partial charge in [-0.05, 0) is 59.7 Å². The minimum absolute atomic E-state index is 0.206. The number of hydrogen-bond donors (Lipinski definition) is 2. The summed E-state index contributed by atoms with van der Waals surface area (Å²) in [5.74, 6) is 0. The number of pyridine rings is 1. The highest BCUT2D eigenvalue weighted by Crippen LogP contribution is 2.28. The molecular formula is C19H21N5OS. The molecule has 1 aromatic carbocycles. The molecule has 0 bridgehead atoms. The number of benzene rings is 1. The Morgan fingerprint density at radius 1 is 1.27 bits per heavy atom. The van der Waals surface area contributed by atoms with Crippen LogP contribution >= 0.6 is 11.3 Å². The lowest BCUT2D eigenvalue weighted by Crippen LogP contribution is -2.27. The highest BCUT2D eigenvalue weighted by Gasteiger charge is 2.13. The lowest BCUT2D eigenvalue weighted by Gasteiger charge is -2.18. The lowest BCUT2D eigenvalue weighted by atomic mass is 10.0. The molecule has 3 aromatic heterocycles. The Labute approximate surface area is 155 Å². The molecule has 0 fully saturated rings. The minimum Gasteiger partial charge on any atom is -0.318 e. The highest BCUT2D eigenvalue weighted by molar-refractivity contribution is 7.08. The van der Waals surface area contributed by atoms with E-state index in [1.807, 2.05) is 13.1 Å². The fourth-order valence-electron chi connectivity index (χ4n) is 3.27. The Morgan fingerprint density at radius 3 is 2.92 bits per heavy atom. The van der Waals surface area contributed by atoms with Gasteiger partial charge in [0.1, 0.15) is 0 Å². The number of H-pyrrole nitrogens is 1. The van der Waals surface area contributed by atoms with Crippen LogP contribution in [0.3, 0.4) is 0 Å². The van der Waals surface area contributed by atoms with E-state index in [1.165, 1.54) is 5.56 Å². The van der Waals surface area contributed by atoms with Crippen LogP contribution in [0.25, 0.3) is 27.7 Å². The molecule has 0 atom stereocenters. The van der Waals surface area contributed by atoms with Gasteiger partial charge in [-0.25, -0.2) is 14.3 Å². The summed E-state index contributed by atoms with van der Waals surface area (Å²) in [6.45, 7) is 2.68. The first-order chi connectivity index (χ1) is 12.7. The monoisotopic (exact) mass is 367 g/mol. The summed E-state index contributed by atoms with van der Waals surface area (Å²) >= 11 is 1.67. The number of nitrogens with zero attached hydrogens (tertiary/aromatic N) is 3. The van der Waals surface area contributed by atoms with Crippen LogP contribution in [-0.4, -0.2) is 46.7 Å². The SMILES string of the molecule is CNCCN(C)Cc1cc2n[nH]c(=O)n2c2cc(-c3ccsc3)ccc12. The summed E-state index contributed by atoms with van der Waals surface area (Å²) in [5, 5.41) is 15.2. The van der Waals surface area contributed by atoms with E-state index in [1.54, 1.807) is 15.7 Å². The third-order valence-electron chi connectivity index (χ3n) is 4.62. The maximum absolute atomic E-state index is 12.3. The van der Waals surface area contributed by atoms with Crippen LogP contribution in [0, 0.1) is 0 Å². The van der Waals surface area contributed by atoms with E-state index < -0.39 is 0 Å². The molecule has 2 N–H and O–H groups in total. The number of hydrogen-bond acceptors (Lipinski definition) is 5. The van der Waals surface area contributed by atoms with Gasteiger partial charge in [0.15, 0.2) is 5.65 Å². The van der Waals surface area contributed by atoms with Crippen molar-refractivity contribution in [2.75, 3.05) is 27.2 Å². The van der Waals surface area contributed by atoms with Crippen molar-refractivity contribution in [3.05, 3.63) is 57.1 Å². The molecule has 0 unspecified atom stereocenters. The second-order valence-electron chi connectivity index (χ2n) is 6.48. The summed E-state index contributed by atoms with van der Waals surface area (Å²) < 4.78 is 1.66. The molecule has 0 aliphatic heterocycles. The van der Waals surface area contributed by atoms with Crippen molar-refractivity contribution in [3.63, 3.8) is 0 Å². The first kappa shape index (κ1) is 17.0. The van der Waals surface area contributed by atoms with Crippen LogP contribution in [0.15, 0.2) is 45.9 Å². The lowest BCUT2D eigenvalue weighted by molar-refractivity contribution is 0.329. The van der Waals surface area contributed by atoms with Crippen molar-refractivity contribution in [3.8, 4) is 11.1 Å². The predicted molar refractivity (Wildman–Crippen MR) is 107 cm³/mol. The molecule has 0 radical (unpaired) electrons. The molecule has 6 nitrogen and oxygen atoms in total. The van der Waals surface area contributed by atoms with Gasteiger partial charge in [-0.15, -0.1) is 0 Å². The molecule has 4 aromatic rings. The first-order valence-corrected chi connectivity index (χ1v) is 9.50. The molecular weight excluding hydrogens is 346 g/mol. The Morgan fingerprint density at radius 2 is 2.15 bits per heavy atom. The number of fused-ring (bicyclic) bond motifs is 3. The van der Waals surface area contributed by atoms with E-state index in [4.69, 9.17) is 0 Å². The Hall–Kier alpha value is -2.48. The Balaban J connectivity index is 1.88. The molecule has 0 spiro atoms. The van der Waals surface area contributed by atoms with Gasteiger partial charge < -0.3 is 10.2 Å². The number of thiophene rings is 1. The maximum atomic E-state index is 12.3. The van der Waals surface area contributed by atoms with Crippen molar-refractivity contribution in [1.82, 2.24) is 24.8 Å². The average molecular weight is 367 g/mol. The number of rotatable bonds is 6. The highest BCUT2D eigenvalue weighted by atomic mass is 32.1. The standard InChI is InChI=1S/C19H21N5OS/c1-20-6-7-23(2)11-15-10-18-21-22-19(25)24(18)17-9-13(3-4-16(15)17)14-5-8-26-12-14/h3-5,8-10,12,20H,6-7,11H2,1-2H3,(H,22,25). The molecule has 7 heteroatoms. The number of aromatic amines is 1. The van der Waals surface area contributed by atoms with Gasteiger partial charge in [-0.3, -0.25) is 0 Å². The third-order valence-corrected chi connectivity index (χ3v) is 5.31. The van der Waals surface area contributed by atoms with Crippen LogP contribution in [0.2, 0.25) is 0 Å². The van der Waals surface area contributed by atoms with Gasteiger partial charge in [-0.1, -0.05) is 12.1 Å². The molecule has 4 rings (SSSR count). The summed E-state index contributed by atoms with van der Waals surface area (Å²) in [6.07, 6.45) is 0. The van der Waals surface area contributed by atoms with Crippen molar-refractivity contribution in [1.29, 1.82) is 0 Å². The van der Waals surface area contributed by atoms with E-state index in [-0.39, 0.29) is 5.69 Å². The quantitative estimate of drug-likeness (QED) is 0.550. The second kappa shape index (κ2) is 7.03. The van der Waals surface area contributed by atoms with Crippen molar-refractivity contribution < 1.29 is 0 Å². The van der Waals surface area contributed by atoms with Gasteiger partial charge >= 0.3 is 5.69 Å². The average Bonchev–Trinajstić information content (AvgIpc) is 3.30. The zero-order valence-corrected chi connectivity index (χ0v) is 15.6. The van der Waals surface area contributed by atoms with Gasteiger partial charge in [0.05, 0.1) is 5.52 Å². The van der Waals surface area contributed by atoms with Crippen LogP contribution in [-0.2, 0) is 6.54 Å². The van der Waals surface area contributed by atoms with Crippen molar-refractivity contribution in [2.24, 2.45) is 0 Å².